The van der Waals surface area contributed by atoms with Crippen molar-refractivity contribution in [1.82, 2.24) is 0 Å². The first-order chi connectivity index (χ1) is 9.15. The van der Waals surface area contributed by atoms with Crippen molar-refractivity contribution in [2.24, 2.45) is 0 Å². The molecule has 19 heavy (non-hydrogen) atoms. The fraction of sp³-hybridized carbons (Fsp3) is 0.0714. The average molecular weight is 321 g/mol. The Balaban J connectivity index is 1.90. The smallest absolute Gasteiger partial charge is 0.262 e. The van der Waals surface area contributed by atoms with Crippen molar-refractivity contribution in [2.45, 2.75) is 0 Å². The van der Waals surface area contributed by atoms with Crippen molar-refractivity contribution >= 4 is 33.2 Å². The summed E-state index contributed by atoms with van der Waals surface area (Å²) in [7, 11) is 0. The Bertz CT molecular complexity index is 587. The number of nitrogens with one attached hydrogen (secondary N) is 1. The number of halogens is 1. The van der Waals surface area contributed by atoms with Gasteiger partial charge in [-0.05, 0) is 30.3 Å². The molecule has 3 N–H and O–H groups in total. The van der Waals surface area contributed by atoms with Gasteiger partial charge in [0.05, 0.1) is 5.69 Å². The number of hydrogen-bond acceptors (Lipinski definition) is 3. The molecule has 0 aromatic heterocycles. The van der Waals surface area contributed by atoms with Gasteiger partial charge >= 0.3 is 0 Å². The average Bonchev–Trinajstić information content (AvgIpc) is 2.38. The molecule has 0 saturated carbocycles. The molecule has 0 atom stereocenters. The van der Waals surface area contributed by atoms with Crippen LogP contribution >= 0.6 is 15.9 Å². The normalized spacial score (nSPS) is 9.95. The molecule has 2 rings (SSSR count). The first-order valence-electron chi connectivity index (χ1n) is 5.68. The molecule has 1 amide bonds. The van der Waals surface area contributed by atoms with Crippen molar-refractivity contribution in [1.29, 1.82) is 0 Å². The van der Waals surface area contributed by atoms with Crippen LogP contribution in [0.15, 0.2) is 53.0 Å². The van der Waals surface area contributed by atoms with Crippen LogP contribution in [0.3, 0.4) is 0 Å². The summed E-state index contributed by atoms with van der Waals surface area (Å²) >= 11 is 3.34. The number of nitrogens with two attached hydrogens (primary N) is 1. The third kappa shape index (κ3) is 3.99. The molecule has 0 saturated heterocycles. The lowest BCUT2D eigenvalue weighted by molar-refractivity contribution is -0.118. The highest BCUT2D eigenvalue weighted by molar-refractivity contribution is 9.10. The minimum Gasteiger partial charge on any atom is -0.482 e. The van der Waals surface area contributed by atoms with Gasteiger partial charge in [0.2, 0.25) is 0 Å². The van der Waals surface area contributed by atoms with E-state index in [1.807, 2.05) is 24.3 Å². The molecular weight excluding hydrogens is 308 g/mol. The summed E-state index contributed by atoms with van der Waals surface area (Å²) < 4.78 is 6.25. The van der Waals surface area contributed by atoms with Gasteiger partial charge in [-0.15, -0.1) is 0 Å². The quantitative estimate of drug-likeness (QED) is 0.851. The summed E-state index contributed by atoms with van der Waals surface area (Å²) in [5, 5.41) is 2.74. The van der Waals surface area contributed by atoms with Crippen LogP contribution in [0.4, 0.5) is 11.4 Å². The number of carbonyl (C=O) groups is 1. The molecular formula is C14H13BrN2O2. The Morgan fingerprint density at radius 1 is 1.21 bits per heavy atom. The van der Waals surface area contributed by atoms with E-state index < -0.39 is 0 Å². The van der Waals surface area contributed by atoms with Crippen molar-refractivity contribution < 1.29 is 9.53 Å². The highest BCUT2D eigenvalue weighted by atomic mass is 79.9. The van der Waals surface area contributed by atoms with E-state index >= 15 is 0 Å². The molecule has 98 valence electrons. The van der Waals surface area contributed by atoms with Crippen LogP contribution in [0.5, 0.6) is 5.75 Å². The summed E-state index contributed by atoms with van der Waals surface area (Å²) in [5.41, 5.74) is 6.94. The van der Waals surface area contributed by atoms with E-state index in [0.29, 0.717) is 17.1 Å². The zero-order valence-corrected chi connectivity index (χ0v) is 11.7. The third-order valence-corrected chi connectivity index (χ3v) is 2.88. The monoisotopic (exact) mass is 320 g/mol. The Labute approximate surface area is 119 Å². The first kappa shape index (κ1) is 13.4. The second kappa shape index (κ2) is 6.24. The Morgan fingerprint density at radius 3 is 2.74 bits per heavy atom. The van der Waals surface area contributed by atoms with Crippen molar-refractivity contribution in [3.8, 4) is 5.75 Å². The predicted octanol–water partition coefficient (Wildman–Crippen LogP) is 3.05. The number of rotatable bonds is 4. The third-order valence-electron chi connectivity index (χ3n) is 2.39. The van der Waals surface area contributed by atoms with Gasteiger partial charge in [0.25, 0.3) is 5.91 Å². The summed E-state index contributed by atoms with van der Waals surface area (Å²) in [6, 6.07) is 14.4. The van der Waals surface area contributed by atoms with Gasteiger partial charge in [-0.1, -0.05) is 34.1 Å². The lowest BCUT2D eigenvalue weighted by atomic mass is 10.3. The van der Waals surface area contributed by atoms with Crippen molar-refractivity contribution in [3.05, 3.63) is 53.0 Å². The maximum atomic E-state index is 11.7. The number of hydrogen-bond donors (Lipinski definition) is 2. The van der Waals surface area contributed by atoms with Crippen LogP contribution in [-0.2, 0) is 4.79 Å². The highest BCUT2D eigenvalue weighted by Crippen LogP contribution is 2.20. The molecule has 0 radical (unpaired) electrons. The molecule has 0 spiro atoms. The first-order valence-corrected chi connectivity index (χ1v) is 6.47. The number of nitrogen functional groups attached to an aromatic ring is 1. The van der Waals surface area contributed by atoms with Crippen LogP contribution < -0.4 is 15.8 Å². The zero-order chi connectivity index (χ0) is 13.7. The minimum atomic E-state index is -0.235. The Morgan fingerprint density at radius 2 is 2.00 bits per heavy atom. The van der Waals surface area contributed by atoms with Gasteiger partial charge in [0, 0.05) is 10.2 Å². The van der Waals surface area contributed by atoms with E-state index in [9.17, 15) is 4.79 Å². The molecule has 4 nitrogen and oxygen atoms in total. The largest absolute Gasteiger partial charge is 0.482 e. The van der Waals surface area contributed by atoms with Gasteiger partial charge in [0.15, 0.2) is 6.61 Å². The van der Waals surface area contributed by atoms with Crippen LogP contribution in [0.1, 0.15) is 0 Å². The molecule has 0 aliphatic heterocycles. The molecule has 5 heteroatoms. The van der Waals surface area contributed by atoms with Crippen LogP contribution in [0, 0.1) is 0 Å². The summed E-state index contributed by atoms with van der Waals surface area (Å²) in [6.07, 6.45) is 0. The molecule has 0 unspecified atom stereocenters. The van der Waals surface area contributed by atoms with E-state index in [1.165, 1.54) is 0 Å². The van der Waals surface area contributed by atoms with E-state index in [1.54, 1.807) is 24.3 Å². The Hall–Kier alpha value is -2.01. The lowest BCUT2D eigenvalue weighted by Crippen LogP contribution is -2.20. The van der Waals surface area contributed by atoms with Crippen LogP contribution in [-0.4, -0.2) is 12.5 Å². The van der Waals surface area contributed by atoms with Gasteiger partial charge < -0.3 is 15.8 Å². The number of carbonyl (C=O) groups excluding carboxylic acids is 1. The molecule has 2 aromatic rings. The van der Waals surface area contributed by atoms with E-state index in [2.05, 4.69) is 21.2 Å². The number of para-hydroxylation sites is 2. The Kier molecular flexibility index (Phi) is 4.41. The van der Waals surface area contributed by atoms with E-state index in [4.69, 9.17) is 10.5 Å². The maximum Gasteiger partial charge on any atom is 0.262 e. The molecule has 0 aliphatic carbocycles. The summed E-state index contributed by atoms with van der Waals surface area (Å²) in [5.74, 6) is 0.272. The van der Waals surface area contributed by atoms with Gasteiger partial charge in [-0.25, -0.2) is 0 Å². The minimum absolute atomic E-state index is 0.0826. The lowest BCUT2D eigenvalue weighted by Gasteiger charge is -2.09. The number of ether oxygens (including phenoxy) is 1. The SMILES string of the molecule is Nc1ccccc1OCC(=O)Nc1cccc(Br)c1. The summed E-state index contributed by atoms with van der Waals surface area (Å²) in [4.78, 5) is 11.7. The maximum absolute atomic E-state index is 11.7. The van der Waals surface area contributed by atoms with E-state index in [-0.39, 0.29) is 12.5 Å². The summed E-state index contributed by atoms with van der Waals surface area (Å²) in [6.45, 7) is -0.0826. The fourth-order valence-electron chi connectivity index (χ4n) is 1.52. The van der Waals surface area contributed by atoms with Gasteiger partial charge in [0.1, 0.15) is 5.75 Å². The molecule has 0 bridgehead atoms. The van der Waals surface area contributed by atoms with Crippen molar-refractivity contribution in [3.63, 3.8) is 0 Å². The van der Waals surface area contributed by atoms with E-state index in [0.717, 1.165) is 4.47 Å². The number of amides is 1. The number of benzene rings is 2. The van der Waals surface area contributed by atoms with Gasteiger partial charge in [-0.2, -0.15) is 0 Å². The molecule has 0 fully saturated rings. The molecule has 0 heterocycles. The van der Waals surface area contributed by atoms with Gasteiger partial charge in [-0.3, -0.25) is 4.79 Å². The standard InChI is InChI=1S/C14H13BrN2O2/c15-10-4-3-5-11(8-10)17-14(18)9-19-13-7-2-1-6-12(13)16/h1-8H,9,16H2,(H,17,18). The fourth-order valence-corrected chi connectivity index (χ4v) is 1.92. The van der Waals surface area contributed by atoms with Crippen molar-refractivity contribution in [2.75, 3.05) is 17.7 Å². The van der Waals surface area contributed by atoms with Crippen LogP contribution in [0.25, 0.3) is 0 Å². The highest BCUT2D eigenvalue weighted by Gasteiger charge is 2.05. The predicted molar refractivity (Wildman–Crippen MR) is 79.1 cm³/mol. The second-order valence-electron chi connectivity index (χ2n) is 3.89. The zero-order valence-electron chi connectivity index (χ0n) is 10.1. The number of anilines is 2. The second-order valence-corrected chi connectivity index (χ2v) is 4.80. The molecule has 2 aromatic carbocycles. The van der Waals surface area contributed by atoms with Crippen LogP contribution in [0.2, 0.25) is 0 Å². The molecule has 0 aliphatic rings. The topological polar surface area (TPSA) is 64.3 Å².